The van der Waals surface area contributed by atoms with Crippen molar-refractivity contribution in [3.8, 4) is 11.8 Å². The highest BCUT2D eigenvalue weighted by atomic mass is 79.9. The van der Waals surface area contributed by atoms with Crippen LogP contribution in [0.25, 0.3) is 0 Å². The van der Waals surface area contributed by atoms with Crippen LogP contribution in [0.2, 0.25) is 0 Å². The molecule has 0 amide bonds. The normalized spacial score (nSPS) is 10.8. The molecule has 2 aromatic rings. The third-order valence-corrected chi connectivity index (χ3v) is 3.58. The molecular weight excluding hydrogens is 349 g/mol. The van der Waals surface area contributed by atoms with Crippen molar-refractivity contribution in [3.63, 3.8) is 0 Å². The van der Waals surface area contributed by atoms with E-state index in [2.05, 4.69) is 27.8 Å². The summed E-state index contributed by atoms with van der Waals surface area (Å²) in [5.41, 5.74) is -3.20. The van der Waals surface area contributed by atoms with Crippen molar-refractivity contribution in [2.45, 2.75) is 10.4 Å². The van der Waals surface area contributed by atoms with Gasteiger partial charge in [-0.05, 0) is 42.1 Å². The molecule has 20 heavy (non-hydrogen) atoms. The fourth-order valence-electron chi connectivity index (χ4n) is 1.49. The Labute approximate surface area is 127 Å². The molecular formula is C15H8BrF3S. The van der Waals surface area contributed by atoms with Crippen LogP contribution in [-0.4, -0.2) is 5.51 Å². The number of hydrogen-bond acceptors (Lipinski definition) is 1. The van der Waals surface area contributed by atoms with Crippen LogP contribution in [0.1, 0.15) is 11.1 Å². The number of hydrogen-bond donors (Lipinski definition) is 0. The Bertz CT molecular complexity index is 669. The van der Waals surface area contributed by atoms with Crippen molar-refractivity contribution in [2.75, 3.05) is 0 Å². The summed E-state index contributed by atoms with van der Waals surface area (Å²) in [6.07, 6.45) is 0. The second kappa shape index (κ2) is 6.38. The SMILES string of the molecule is FC(F)(F)Sc1ccccc1C#Cc1cccc(Br)c1. The third kappa shape index (κ3) is 4.62. The number of rotatable bonds is 1. The molecule has 0 aliphatic rings. The molecule has 0 fully saturated rings. The summed E-state index contributed by atoms with van der Waals surface area (Å²) in [6.45, 7) is 0. The minimum Gasteiger partial charge on any atom is -0.160 e. The minimum absolute atomic E-state index is 0.113. The zero-order valence-corrected chi connectivity index (χ0v) is 12.4. The van der Waals surface area contributed by atoms with Gasteiger partial charge in [-0.25, -0.2) is 0 Å². The van der Waals surface area contributed by atoms with Gasteiger partial charge in [0.15, 0.2) is 0 Å². The molecule has 2 aromatic carbocycles. The van der Waals surface area contributed by atoms with Crippen LogP contribution in [0.15, 0.2) is 57.9 Å². The lowest BCUT2D eigenvalue weighted by atomic mass is 10.2. The summed E-state index contributed by atoms with van der Waals surface area (Å²) >= 11 is 3.18. The van der Waals surface area contributed by atoms with Crippen LogP contribution in [-0.2, 0) is 0 Å². The zero-order valence-electron chi connectivity index (χ0n) is 10.0. The first-order chi connectivity index (χ1) is 9.44. The van der Waals surface area contributed by atoms with E-state index in [4.69, 9.17) is 0 Å². The van der Waals surface area contributed by atoms with E-state index in [9.17, 15) is 13.2 Å². The summed E-state index contributed by atoms with van der Waals surface area (Å²) in [6, 6.07) is 13.5. The van der Waals surface area contributed by atoms with Crippen LogP contribution < -0.4 is 0 Å². The van der Waals surface area contributed by atoms with Gasteiger partial charge in [0, 0.05) is 20.5 Å². The molecule has 0 saturated carbocycles. The molecule has 0 aliphatic carbocycles. The summed E-state index contributed by atoms with van der Waals surface area (Å²) in [4.78, 5) is 0.113. The summed E-state index contributed by atoms with van der Waals surface area (Å²) in [5.74, 6) is 5.65. The van der Waals surface area contributed by atoms with E-state index in [1.165, 1.54) is 6.07 Å². The molecule has 0 heterocycles. The second-order valence-corrected chi connectivity index (χ2v) is 5.83. The van der Waals surface area contributed by atoms with Crippen LogP contribution in [0.3, 0.4) is 0 Å². The molecule has 2 rings (SSSR count). The number of alkyl halides is 3. The van der Waals surface area contributed by atoms with Gasteiger partial charge in [0.1, 0.15) is 0 Å². The Morgan fingerprint density at radius 3 is 2.40 bits per heavy atom. The van der Waals surface area contributed by atoms with Gasteiger partial charge in [-0.2, -0.15) is 13.2 Å². The second-order valence-electron chi connectivity index (χ2n) is 3.80. The van der Waals surface area contributed by atoms with Gasteiger partial charge in [0.25, 0.3) is 0 Å². The Morgan fingerprint density at radius 1 is 0.950 bits per heavy atom. The van der Waals surface area contributed by atoms with Crippen LogP contribution in [0.4, 0.5) is 13.2 Å². The largest absolute Gasteiger partial charge is 0.446 e. The molecule has 0 saturated heterocycles. The van der Waals surface area contributed by atoms with Crippen molar-refractivity contribution < 1.29 is 13.2 Å². The zero-order chi connectivity index (χ0) is 14.6. The fraction of sp³-hybridized carbons (Fsp3) is 0.0667. The van der Waals surface area contributed by atoms with Crippen LogP contribution in [0.5, 0.6) is 0 Å². The standard InChI is InChI=1S/C15H8BrF3S/c16-13-6-3-4-11(10-13)8-9-12-5-1-2-7-14(12)20-15(17,18)19/h1-7,10H. The maximum Gasteiger partial charge on any atom is 0.446 e. The summed E-state index contributed by atoms with van der Waals surface area (Å²) in [7, 11) is 0. The molecule has 102 valence electrons. The minimum atomic E-state index is -4.31. The van der Waals surface area contributed by atoms with Crippen molar-refractivity contribution in [1.82, 2.24) is 0 Å². The van der Waals surface area contributed by atoms with E-state index in [0.29, 0.717) is 5.56 Å². The maximum atomic E-state index is 12.4. The molecule has 0 atom stereocenters. The van der Waals surface area contributed by atoms with Gasteiger partial charge < -0.3 is 0 Å². The van der Waals surface area contributed by atoms with Gasteiger partial charge in [0.2, 0.25) is 0 Å². The highest BCUT2D eigenvalue weighted by Crippen LogP contribution is 2.38. The van der Waals surface area contributed by atoms with Crippen molar-refractivity contribution in [1.29, 1.82) is 0 Å². The topological polar surface area (TPSA) is 0 Å². The number of benzene rings is 2. The van der Waals surface area contributed by atoms with Crippen LogP contribution >= 0.6 is 27.7 Å². The molecule has 0 nitrogen and oxygen atoms in total. The lowest BCUT2D eigenvalue weighted by Gasteiger charge is -2.06. The average molecular weight is 357 g/mol. The first kappa shape index (κ1) is 15.0. The van der Waals surface area contributed by atoms with E-state index in [1.807, 2.05) is 18.2 Å². The van der Waals surface area contributed by atoms with Crippen LogP contribution in [0, 0.1) is 11.8 Å². The Kier molecular flexibility index (Phi) is 4.79. The number of thioether (sulfide) groups is 1. The van der Waals surface area contributed by atoms with Gasteiger partial charge in [-0.1, -0.05) is 46.0 Å². The van der Waals surface area contributed by atoms with Gasteiger partial charge in [-0.15, -0.1) is 0 Å². The average Bonchev–Trinajstić information content (AvgIpc) is 2.36. The fourth-order valence-corrected chi connectivity index (χ4v) is 2.51. The molecule has 0 radical (unpaired) electrons. The van der Waals surface area contributed by atoms with Gasteiger partial charge in [-0.3, -0.25) is 0 Å². The van der Waals surface area contributed by atoms with Crippen molar-refractivity contribution in [3.05, 3.63) is 64.1 Å². The lowest BCUT2D eigenvalue weighted by molar-refractivity contribution is -0.0328. The molecule has 5 heteroatoms. The molecule has 0 N–H and O–H groups in total. The first-order valence-corrected chi connectivity index (χ1v) is 7.17. The first-order valence-electron chi connectivity index (χ1n) is 5.56. The molecule has 0 aromatic heterocycles. The molecule has 0 aliphatic heterocycles. The summed E-state index contributed by atoms with van der Waals surface area (Å²) in [5, 5.41) is 0. The monoisotopic (exact) mass is 356 g/mol. The molecule has 0 bridgehead atoms. The Balaban J connectivity index is 2.31. The van der Waals surface area contributed by atoms with Gasteiger partial charge >= 0.3 is 5.51 Å². The van der Waals surface area contributed by atoms with E-state index in [1.54, 1.807) is 24.3 Å². The van der Waals surface area contributed by atoms with E-state index in [0.717, 1.165) is 10.0 Å². The number of halogens is 4. The highest BCUT2D eigenvalue weighted by molar-refractivity contribution is 9.10. The maximum absolute atomic E-state index is 12.4. The quantitative estimate of drug-likeness (QED) is 0.482. The van der Waals surface area contributed by atoms with E-state index < -0.39 is 5.51 Å². The van der Waals surface area contributed by atoms with Crippen molar-refractivity contribution >= 4 is 27.7 Å². The molecule has 0 unspecified atom stereocenters. The molecule has 0 spiro atoms. The predicted molar refractivity (Wildman–Crippen MR) is 78.5 cm³/mol. The highest BCUT2D eigenvalue weighted by Gasteiger charge is 2.30. The van der Waals surface area contributed by atoms with E-state index >= 15 is 0 Å². The van der Waals surface area contributed by atoms with Crippen molar-refractivity contribution in [2.24, 2.45) is 0 Å². The van der Waals surface area contributed by atoms with Gasteiger partial charge in [0.05, 0.1) is 0 Å². The van der Waals surface area contributed by atoms with E-state index in [-0.39, 0.29) is 16.7 Å². The third-order valence-electron chi connectivity index (χ3n) is 2.28. The lowest BCUT2D eigenvalue weighted by Crippen LogP contribution is -2.00. The summed E-state index contributed by atoms with van der Waals surface area (Å²) < 4.78 is 38.2. The Morgan fingerprint density at radius 2 is 1.70 bits per heavy atom. The smallest absolute Gasteiger partial charge is 0.160 e. The predicted octanol–water partition coefficient (Wildman–Crippen LogP) is 5.46. The Hall–Kier alpha value is -1.38.